The Morgan fingerprint density at radius 2 is 1.95 bits per heavy atom. The average Bonchev–Trinajstić information content (AvgIpc) is 2.92. The van der Waals surface area contributed by atoms with Gasteiger partial charge in [-0.05, 0) is 17.5 Å². The Kier molecular flexibility index (Phi) is 5.07. The molecule has 1 amide bonds. The highest BCUT2D eigenvalue weighted by molar-refractivity contribution is 7.10. The van der Waals surface area contributed by atoms with Crippen molar-refractivity contribution in [1.29, 1.82) is 0 Å². The van der Waals surface area contributed by atoms with Crippen LogP contribution in [0.1, 0.15) is 10.4 Å². The predicted molar refractivity (Wildman–Crippen MR) is 77.6 cm³/mol. The first-order chi connectivity index (χ1) is 10.3. The molecule has 0 fully saturated rings. The number of carbonyl (C=O) groups excluding carboxylic acids is 1. The van der Waals surface area contributed by atoms with Crippen LogP contribution in [-0.4, -0.2) is 24.2 Å². The molecule has 0 aliphatic heterocycles. The maximum absolute atomic E-state index is 12.4. The fourth-order valence-electron chi connectivity index (χ4n) is 1.90. The quantitative estimate of drug-likeness (QED) is 0.834. The summed E-state index contributed by atoms with van der Waals surface area (Å²) >= 11 is 1.47. The number of hydrogen-bond acceptors (Lipinski definition) is 3. The second-order valence-corrected chi connectivity index (χ2v) is 5.69. The molecule has 2 rings (SSSR count). The van der Waals surface area contributed by atoms with Gasteiger partial charge < -0.3 is 9.64 Å². The molecule has 0 atom stereocenters. The van der Waals surface area contributed by atoms with E-state index in [1.807, 2.05) is 17.5 Å². The molecule has 1 aromatic heterocycles. The molecule has 0 spiro atoms. The second kappa shape index (κ2) is 6.83. The number of nitrogens with zero attached hydrogens (tertiary/aromatic N) is 1. The summed E-state index contributed by atoms with van der Waals surface area (Å²) in [6.45, 7) is 0.0520. The molecule has 0 unspecified atom stereocenters. The van der Waals surface area contributed by atoms with Crippen molar-refractivity contribution in [3.05, 3.63) is 52.2 Å². The van der Waals surface area contributed by atoms with Crippen molar-refractivity contribution in [2.75, 3.05) is 7.05 Å². The van der Waals surface area contributed by atoms with Gasteiger partial charge in [-0.25, -0.2) is 0 Å². The van der Waals surface area contributed by atoms with Gasteiger partial charge in [-0.3, -0.25) is 4.79 Å². The minimum Gasteiger partial charge on any atom is -0.405 e. The Morgan fingerprint density at radius 1 is 1.23 bits per heavy atom. The van der Waals surface area contributed by atoms with Gasteiger partial charge in [-0.1, -0.05) is 24.3 Å². The number of amides is 1. The number of thiophene rings is 1. The molecular formula is C15H14F3NO2S. The van der Waals surface area contributed by atoms with E-state index in [4.69, 9.17) is 0 Å². The van der Waals surface area contributed by atoms with E-state index in [2.05, 4.69) is 4.74 Å². The third-order valence-electron chi connectivity index (χ3n) is 2.94. The van der Waals surface area contributed by atoms with Crippen LogP contribution < -0.4 is 4.74 Å². The zero-order chi connectivity index (χ0) is 16.2. The first-order valence-corrected chi connectivity index (χ1v) is 7.33. The Bertz CT molecular complexity index is 626. The highest BCUT2D eigenvalue weighted by Gasteiger charge is 2.32. The number of hydrogen-bond donors (Lipinski definition) is 0. The van der Waals surface area contributed by atoms with Gasteiger partial charge in [0, 0.05) is 24.0 Å². The van der Waals surface area contributed by atoms with Crippen LogP contribution in [0.4, 0.5) is 13.2 Å². The molecule has 2 aromatic rings. The van der Waals surface area contributed by atoms with Gasteiger partial charge in [-0.15, -0.1) is 24.5 Å². The normalized spacial score (nSPS) is 11.3. The van der Waals surface area contributed by atoms with Gasteiger partial charge in [0.2, 0.25) is 5.91 Å². The summed E-state index contributed by atoms with van der Waals surface area (Å²) in [5.74, 6) is -0.449. The molecule has 1 aromatic carbocycles. The lowest BCUT2D eigenvalue weighted by Gasteiger charge is -2.19. The van der Waals surface area contributed by atoms with Gasteiger partial charge in [0.15, 0.2) is 0 Å². The Balaban J connectivity index is 2.05. The summed E-state index contributed by atoms with van der Waals surface area (Å²) < 4.78 is 41.1. The Morgan fingerprint density at radius 3 is 2.59 bits per heavy atom. The van der Waals surface area contributed by atoms with Crippen LogP contribution in [0, 0.1) is 0 Å². The minimum absolute atomic E-state index is 0.0520. The molecule has 1 heterocycles. The standard InChI is InChI=1S/C15H14F3NO2S/c1-19(14(20)9-12-6-4-8-22-12)10-11-5-2-3-7-13(11)21-15(16,17)18/h2-8H,9-10H2,1H3. The lowest BCUT2D eigenvalue weighted by Crippen LogP contribution is -2.28. The lowest BCUT2D eigenvalue weighted by atomic mass is 10.2. The van der Waals surface area contributed by atoms with Crippen molar-refractivity contribution in [2.45, 2.75) is 19.3 Å². The number of para-hydroxylation sites is 1. The summed E-state index contributed by atoms with van der Waals surface area (Å²) in [4.78, 5) is 14.4. The Hall–Kier alpha value is -2.02. The minimum atomic E-state index is -4.75. The summed E-state index contributed by atoms with van der Waals surface area (Å²) in [5.41, 5.74) is 0.307. The zero-order valence-corrected chi connectivity index (χ0v) is 12.6. The highest BCUT2D eigenvalue weighted by Crippen LogP contribution is 2.27. The molecule has 0 aliphatic carbocycles. The van der Waals surface area contributed by atoms with Gasteiger partial charge in [0.25, 0.3) is 0 Å². The lowest BCUT2D eigenvalue weighted by molar-refractivity contribution is -0.275. The van der Waals surface area contributed by atoms with E-state index in [1.165, 1.54) is 34.4 Å². The van der Waals surface area contributed by atoms with E-state index in [1.54, 1.807) is 13.1 Å². The predicted octanol–water partition coefficient (Wildman–Crippen LogP) is 3.85. The number of alkyl halides is 3. The molecule has 118 valence electrons. The fraction of sp³-hybridized carbons (Fsp3) is 0.267. The zero-order valence-electron chi connectivity index (χ0n) is 11.8. The maximum Gasteiger partial charge on any atom is 0.573 e. The Labute approximate surface area is 129 Å². The number of carbonyl (C=O) groups is 1. The van der Waals surface area contributed by atoms with Crippen molar-refractivity contribution in [3.8, 4) is 5.75 Å². The third-order valence-corrected chi connectivity index (χ3v) is 3.81. The first kappa shape index (κ1) is 16.4. The van der Waals surface area contributed by atoms with Gasteiger partial charge >= 0.3 is 6.36 Å². The van der Waals surface area contributed by atoms with Crippen molar-refractivity contribution in [2.24, 2.45) is 0 Å². The third kappa shape index (κ3) is 4.77. The monoisotopic (exact) mass is 329 g/mol. The number of likely N-dealkylation sites (N-methyl/N-ethyl adjacent to an activating group) is 1. The summed E-state index contributed by atoms with van der Waals surface area (Å²) in [5, 5.41) is 1.87. The summed E-state index contributed by atoms with van der Waals surface area (Å²) in [7, 11) is 1.56. The van der Waals surface area contributed by atoms with E-state index in [9.17, 15) is 18.0 Å². The fourth-order valence-corrected chi connectivity index (χ4v) is 2.60. The SMILES string of the molecule is CN(Cc1ccccc1OC(F)(F)F)C(=O)Cc1cccs1. The van der Waals surface area contributed by atoms with Gasteiger partial charge in [0.1, 0.15) is 5.75 Å². The average molecular weight is 329 g/mol. The second-order valence-electron chi connectivity index (χ2n) is 4.66. The number of benzene rings is 1. The van der Waals surface area contributed by atoms with E-state index >= 15 is 0 Å². The van der Waals surface area contributed by atoms with E-state index in [0.29, 0.717) is 5.56 Å². The smallest absolute Gasteiger partial charge is 0.405 e. The van der Waals surface area contributed by atoms with Crippen LogP contribution in [0.25, 0.3) is 0 Å². The van der Waals surface area contributed by atoms with Gasteiger partial charge in [0.05, 0.1) is 6.42 Å². The molecule has 22 heavy (non-hydrogen) atoms. The molecule has 0 aliphatic rings. The van der Waals surface area contributed by atoms with Crippen molar-refractivity contribution in [1.82, 2.24) is 4.90 Å². The highest BCUT2D eigenvalue weighted by atomic mass is 32.1. The molecular weight excluding hydrogens is 315 g/mol. The number of ether oxygens (including phenoxy) is 1. The van der Waals surface area contributed by atoms with E-state index in [0.717, 1.165) is 4.88 Å². The van der Waals surface area contributed by atoms with Crippen molar-refractivity contribution < 1.29 is 22.7 Å². The molecule has 3 nitrogen and oxygen atoms in total. The van der Waals surface area contributed by atoms with Crippen LogP contribution in [0.5, 0.6) is 5.75 Å². The topological polar surface area (TPSA) is 29.5 Å². The first-order valence-electron chi connectivity index (χ1n) is 6.45. The summed E-state index contributed by atoms with van der Waals surface area (Å²) in [6.07, 6.45) is -4.52. The number of halogens is 3. The maximum atomic E-state index is 12.4. The molecule has 0 saturated heterocycles. The van der Waals surface area contributed by atoms with Crippen molar-refractivity contribution >= 4 is 17.2 Å². The van der Waals surface area contributed by atoms with Crippen LogP contribution in [0.3, 0.4) is 0 Å². The largest absolute Gasteiger partial charge is 0.573 e. The van der Waals surface area contributed by atoms with Gasteiger partial charge in [-0.2, -0.15) is 0 Å². The number of rotatable bonds is 5. The van der Waals surface area contributed by atoms with Crippen molar-refractivity contribution in [3.63, 3.8) is 0 Å². The van der Waals surface area contributed by atoms with E-state index in [-0.39, 0.29) is 24.6 Å². The van der Waals surface area contributed by atoms with Crippen LogP contribution >= 0.6 is 11.3 Å². The van der Waals surface area contributed by atoms with Crippen LogP contribution in [-0.2, 0) is 17.8 Å². The molecule has 0 radical (unpaired) electrons. The summed E-state index contributed by atoms with van der Waals surface area (Å²) in [6, 6.07) is 9.50. The molecule has 0 bridgehead atoms. The van der Waals surface area contributed by atoms with E-state index < -0.39 is 6.36 Å². The van der Waals surface area contributed by atoms with Crippen LogP contribution in [0.2, 0.25) is 0 Å². The molecule has 0 N–H and O–H groups in total. The molecule has 7 heteroatoms. The van der Waals surface area contributed by atoms with Crippen LogP contribution in [0.15, 0.2) is 41.8 Å². The molecule has 0 saturated carbocycles.